The van der Waals surface area contributed by atoms with E-state index in [1.165, 1.54) is 24.4 Å². The van der Waals surface area contributed by atoms with Crippen molar-refractivity contribution < 1.29 is 24.0 Å². The van der Waals surface area contributed by atoms with Crippen molar-refractivity contribution in [2.75, 3.05) is 6.61 Å². The minimum atomic E-state index is -0.592. The summed E-state index contributed by atoms with van der Waals surface area (Å²) in [7, 11) is 0. The first-order valence-electron chi connectivity index (χ1n) is 9.18. The van der Waals surface area contributed by atoms with Crippen LogP contribution in [0.1, 0.15) is 15.9 Å². The lowest BCUT2D eigenvalue weighted by molar-refractivity contribution is -0.385. The molecule has 0 saturated carbocycles. The number of hydrazone groups is 1. The van der Waals surface area contributed by atoms with Gasteiger partial charge in [0.2, 0.25) is 0 Å². The van der Waals surface area contributed by atoms with Gasteiger partial charge in [-0.3, -0.25) is 14.9 Å². The molecular weight excluding hydrogens is 482 g/mol. The van der Waals surface area contributed by atoms with Crippen molar-refractivity contribution >= 4 is 39.7 Å². The molecule has 0 atom stereocenters. The van der Waals surface area contributed by atoms with Crippen molar-refractivity contribution in [3.8, 4) is 11.5 Å². The number of rotatable bonds is 8. The van der Waals surface area contributed by atoms with Gasteiger partial charge in [-0.1, -0.05) is 28.1 Å². The van der Waals surface area contributed by atoms with Gasteiger partial charge >= 0.3 is 11.7 Å². The second-order valence-electron chi connectivity index (χ2n) is 6.27. The Labute approximate surface area is 190 Å². The Morgan fingerprint density at radius 3 is 2.41 bits per heavy atom. The van der Waals surface area contributed by atoms with E-state index >= 15 is 0 Å². The average Bonchev–Trinajstić information content (AvgIpc) is 2.79. The number of nitro groups is 1. The zero-order valence-electron chi connectivity index (χ0n) is 16.4. The van der Waals surface area contributed by atoms with E-state index in [9.17, 15) is 19.7 Å². The molecule has 32 heavy (non-hydrogen) atoms. The van der Waals surface area contributed by atoms with E-state index in [4.69, 9.17) is 9.47 Å². The van der Waals surface area contributed by atoms with Gasteiger partial charge < -0.3 is 9.47 Å². The molecule has 1 N–H and O–H groups in total. The van der Waals surface area contributed by atoms with Crippen LogP contribution in [0.4, 0.5) is 5.69 Å². The first-order valence-corrected chi connectivity index (χ1v) is 9.97. The lowest BCUT2D eigenvalue weighted by atomic mass is 10.2. The molecule has 0 fully saturated rings. The Kier molecular flexibility index (Phi) is 7.65. The minimum Gasteiger partial charge on any atom is -0.477 e. The molecule has 3 aromatic rings. The first kappa shape index (κ1) is 22.6. The van der Waals surface area contributed by atoms with Crippen molar-refractivity contribution in [3.63, 3.8) is 0 Å². The predicted octanol–water partition coefficient (Wildman–Crippen LogP) is 4.11. The maximum atomic E-state index is 12.1. The number of carbonyl (C=O) groups is 2. The molecule has 0 radical (unpaired) electrons. The van der Waals surface area contributed by atoms with Crippen molar-refractivity contribution in [2.24, 2.45) is 5.10 Å². The van der Waals surface area contributed by atoms with E-state index in [-0.39, 0.29) is 11.4 Å². The van der Waals surface area contributed by atoms with Gasteiger partial charge in [0.25, 0.3) is 5.91 Å². The second-order valence-corrected chi connectivity index (χ2v) is 7.19. The van der Waals surface area contributed by atoms with Crippen LogP contribution in [0, 0.1) is 10.1 Å². The number of benzene rings is 3. The number of nitro benzene ring substituents is 1. The molecule has 3 aromatic carbocycles. The Morgan fingerprint density at radius 2 is 1.72 bits per heavy atom. The molecule has 0 bridgehead atoms. The number of para-hydroxylation sites is 2. The third-order valence-corrected chi connectivity index (χ3v) is 4.52. The van der Waals surface area contributed by atoms with E-state index in [1.54, 1.807) is 54.6 Å². The summed E-state index contributed by atoms with van der Waals surface area (Å²) in [5.41, 5.74) is 3.11. The highest BCUT2D eigenvalue weighted by atomic mass is 79.9. The lowest BCUT2D eigenvalue weighted by Crippen LogP contribution is -2.24. The Balaban J connectivity index is 1.48. The molecule has 3 rings (SSSR count). The highest BCUT2D eigenvalue weighted by Crippen LogP contribution is 2.25. The number of hydrogen-bond donors (Lipinski definition) is 1. The summed E-state index contributed by atoms with van der Waals surface area (Å²) in [4.78, 5) is 34.3. The monoisotopic (exact) mass is 497 g/mol. The van der Waals surface area contributed by atoms with Gasteiger partial charge in [0, 0.05) is 10.5 Å². The van der Waals surface area contributed by atoms with Gasteiger partial charge in [-0.25, -0.2) is 10.2 Å². The third kappa shape index (κ3) is 6.47. The molecule has 0 saturated heterocycles. The number of ether oxygens (including phenoxy) is 2. The Bertz CT molecular complexity index is 1150. The largest absolute Gasteiger partial charge is 0.477 e. The van der Waals surface area contributed by atoms with Crippen LogP contribution in [0.25, 0.3) is 0 Å². The molecule has 0 aliphatic rings. The standard InChI is InChI=1S/C22H16BrN3O6/c23-17-9-7-16(8-10-17)22(28)32-18-11-5-15(6-12-18)13-24-25-21(27)14-31-20-4-2-1-3-19(20)26(29)30/h1-13H,14H2,(H,25,27). The summed E-state index contributed by atoms with van der Waals surface area (Å²) in [5.74, 6) is -0.717. The number of amides is 1. The molecule has 9 nitrogen and oxygen atoms in total. The summed E-state index contributed by atoms with van der Waals surface area (Å²) in [6, 6.07) is 19.0. The van der Waals surface area contributed by atoms with Gasteiger partial charge in [0.05, 0.1) is 16.7 Å². The number of carbonyl (C=O) groups excluding carboxylic acids is 2. The normalized spacial score (nSPS) is 10.5. The minimum absolute atomic E-state index is 0.00935. The first-order chi connectivity index (χ1) is 15.4. The quantitative estimate of drug-likeness (QED) is 0.164. The molecule has 0 aliphatic carbocycles. The molecule has 10 heteroatoms. The smallest absolute Gasteiger partial charge is 0.343 e. The number of esters is 1. The molecule has 0 unspecified atom stereocenters. The van der Waals surface area contributed by atoms with Crippen LogP contribution >= 0.6 is 15.9 Å². The average molecular weight is 498 g/mol. The van der Waals surface area contributed by atoms with Crippen LogP contribution in [0.2, 0.25) is 0 Å². The molecule has 0 aromatic heterocycles. The van der Waals surface area contributed by atoms with Gasteiger partial charge in [-0.2, -0.15) is 5.10 Å². The van der Waals surface area contributed by atoms with Crippen molar-refractivity contribution in [1.29, 1.82) is 0 Å². The van der Waals surface area contributed by atoms with Gasteiger partial charge in [0.15, 0.2) is 12.4 Å². The summed E-state index contributed by atoms with van der Waals surface area (Å²) in [6.45, 7) is -0.437. The summed E-state index contributed by atoms with van der Waals surface area (Å²) < 4.78 is 11.3. The summed E-state index contributed by atoms with van der Waals surface area (Å²) >= 11 is 3.30. The molecule has 0 spiro atoms. The van der Waals surface area contributed by atoms with Crippen molar-refractivity contribution in [1.82, 2.24) is 5.43 Å². The lowest BCUT2D eigenvalue weighted by Gasteiger charge is -2.05. The Morgan fingerprint density at radius 1 is 1.03 bits per heavy atom. The SMILES string of the molecule is O=C(COc1ccccc1[N+](=O)[O-])NN=Cc1ccc(OC(=O)c2ccc(Br)cc2)cc1. The molecular formula is C22H16BrN3O6. The van der Waals surface area contributed by atoms with Gasteiger partial charge in [0.1, 0.15) is 5.75 Å². The number of hydrogen-bond acceptors (Lipinski definition) is 7. The van der Waals surface area contributed by atoms with E-state index in [0.717, 1.165) is 4.47 Å². The predicted molar refractivity (Wildman–Crippen MR) is 120 cm³/mol. The fourth-order valence-electron chi connectivity index (χ4n) is 2.46. The van der Waals surface area contributed by atoms with E-state index in [0.29, 0.717) is 16.9 Å². The molecule has 0 aliphatic heterocycles. The van der Waals surface area contributed by atoms with Gasteiger partial charge in [-0.15, -0.1) is 0 Å². The van der Waals surface area contributed by atoms with E-state index in [2.05, 4.69) is 26.5 Å². The zero-order valence-corrected chi connectivity index (χ0v) is 18.0. The second kappa shape index (κ2) is 10.8. The fraction of sp³-hybridized carbons (Fsp3) is 0.0455. The van der Waals surface area contributed by atoms with Crippen LogP contribution in [0.15, 0.2) is 82.4 Å². The third-order valence-electron chi connectivity index (χ3n) is 3.99. The summed E-state index contributed by atoms with van der Waals surface area (Å²) in [6.07, 6.45) is 1.39. The van der Waals surface area contributed by atoms with Crippen molar-refractivity contribution in [2.45, 2.75) is 0 Å². The highest BCUT2D eigenvalue weighted by Gasteiger charge is 2.14. The summed E-state index contributed by atoms with van der Waals surface area (Å²) in [5, 5.41) is 14.7. The number of nitrogens with one attached hydrogen (secondary N) is 1. The van der Waals surface area contributed by atoms with Gasteiger partial charge in [-0.05, 0) is 60.2 Å². The van der Waals surface area contributed by atoms with Crippen LogP contribution in [0.3, 0.4) is 0 Å². The van der Waals surface area contributed by atoms with Crippen LogP contribution in [-0.2, 0) is 4.79 Å². The van der Waals surface area contributed by atoms with Crippen LogP contribution in [-0.4, -0.2) is 29.6 Å². The molecule has 1 amide bonds. The maximum Gasteiger partial charge on any atom is 0.343 e. The molecule has 0 heterocycles. The molecule has 162 valence electrons. The topological polar surface area (TPSA) is 120 Å². The highest BCUT2D eigenvalue weighted by molar-refractivity contribution is 9.10. The van der Waals surface area contributed by atoms with Crippen LogP contribution < -0.4 is 14.9 Å². The zero-order chi connectivity index (χ0) is 22.9. The Hall–Kier alpha value is -4.05. The van der Waals surface area contributed by atoms with E-state index < -0.39 is 23.4 Å². The number of nitrogens with zero attached hydrogens (tertiary/aromatic N) is 2. The van der Waals surface area contributed by atoms with Crippen LogP contribution in [0.5, 0.6) is 11.5 Å². The van der Waals surface area contributed by atoms with Crippen molar-refractivity contribution in [3.05, 3.63) is 98.5 Å². The fourth-order valence-corrected chi connectivity index (χ4v) is 2.72. The van der Waals surface area contributed by atoms with E-state index in [1.807, 2.05) is 0 Å². The number of halogens is 1. The maximum absolute atomic E-state index is 12.1.